The summed E-state index contributed by atoms with van der Waals surface area (Å²) in [6.45, 7) is 4.83. The van der Waals surface area contributed by atoms with E-state index >= 15 is 0 Å². The number of oxazole rings is 1. The minimum absolute atomic E-state index is 0.542. The quantitative estimate of drug-likeness (QED) is 0.775. The van der Waals surface area contributed by atoms with Crippen molar-refractivity contribution in [2.75, 3.05) is 19.6 Å². The number of nitrogens with one attached hydrogen (secondary N) is 1. The number of rotatable bonds is 4. The molecule has 1 atom stereocenters. The molecule has 84 valence electrons. The summed E-state index contributed by atoms with van der Waals surface area (Å²) < 4.78 is 5.63. The normalized spacial score (nSPS) is 21.1. The molecule has 0 amide bonds. The number of hydrogen-bond donors (Lipinski definition) is 2. The standard InChI is InChI=1S/C11H19N3O/c1-8-11(9-4-6-13-7-9)14-10(15-8)3-2-5-12/h9,13H,2-7,12H2,1H3. The van der Waals surface area contributed by atoms with Crippen molar-refractivity contribution in [2.24, 2.45) is 5.73 Å². The molecule has 3 N–H and O–H groups in total. The molecule has 1 aromatic heterocycles. The number of nitrogens with zero attached hydrogens (tertiary/aromatic N) is 1. The summed E-state index contributed by atoms with van der Waals surface area (Å²) in [6.07, 6.45) is 2.98. The summed E-state index contributed by atoms with van der Waals surface area (Å²) in [7, 11) is 0. The zero-order chi connectivity index (χ0) is 10.7. The molecular formula is C11H19N3O. The molecule has 1 aromatic rings. The summed E-state index contributed by atoms with van der Waals surface area (Å²) in [4.78, 5) is 4.57. The van der Waals surface area contributed by atoms with Crippen LogP contribution in [-0.4, -0.2) is 24.6 Å². The van der Waals surface area contributed by atoms with Gasteiger partial charge in [-0.05, 0) is 32.9 Å². The van der Waals surface area contributed by atoms with Crippen molar-refractivity contribution in [3.63, 3.8) is 0 Å². The van der Waals surface area contributed by atoms with Crippen molar-refractivity contribution in [2.45, 2.75) is 32.1 Å². The zero-order valence-electron chi connectivity index (χ0n) is 9.25. The number of hydrogen-bond acceptors (Lipinski definition) is 4. The molecular weight excluding hydrogens is 190 g/mol. The van der Waals surface area contributed by atoms with Gasteiger partial charge in [-0.2, -0.15) is 0 Å². The highest BCUT2D eigenvalue weighted by atomic mass is 16.4. The van der Waals surface area contributed by atoms with E-state index in [1.54, 1.807) is 0 Å². The van der Waals surface area contributed by atoms with Crippen molar-refractivity contribution in [3.8, 4) is 0 Å². The third-order valence-electron chi connectivity index (χ3n) is 2.92. The summed E-state index contributed by atoms with van der Waals surface area (Å²) in [5.41, 5.74) is 6.61. The van der Waals surface area contributed by atoms with E-state index in [1.807, 2.05) is 6.92 Å². The molecule has 2 rings (SSSR count). The molecule has 0 spiro atoms. The van der Waals surface area contributed by atoms with Gasteiger partial charge < -0.3 is 15.5 Å². The highest BCUT2D eigenvalue weighted by Crippen LogP contribution is 2.25. The highest BCUT2D eigenvalue weighted by Gasteiger charge is 2.22. The monoisotopic (exact) mass is 209 g/mol. The van der Waals surface area contributed by atoms with E-state index in [2.05, 4.69) is 10.3 Å². The molecule has 0 radical (unpaired) electrons. The molecule has 1 aliphatic rings. The fourth-order valence-electron chi connectivity index (χ4n) is 2.09. The Morgan fingerprint density at radius 3 is 3.13 bits per heavy atom. The predicted molar refractivity (Wildman–Crippen MR) is 58.8 cm³/mol. The van der Waals surface area contributed by atoms with E-state index in [4.69, 9.17) is 10.2 Å². The van der Waals surface area contributed by atoms with Gasteiger partial charge in [0.25, 0.3) is 0 Å². The lowest BCUT2D eigenvalue weighted by Crippen LogP contribution is -2.08. The number of nitrogens with two attached hydrogens (primary N) is 1. The Labute approximate surface area is 90.2 Å². The van der Waals surface area contributed by atoms with E-state index in [1.165, 1.54) is 6.42 Å². The molecule has 0 saturated carbocycles. The smallest absolute Gasteiger partial charge is 0.194 e. The third kappa shape index (κ3) is 2.38. The van der Waals surface area contributed by atoms with Crippen LogP contribution >= 0.6 is 0 Å². The van der Waals surface area contributed by atoms with Gasteiger partial charge in [0.1, 0.15) is 5.76 Å². The lowest BCUT2D eigenvalue weighted by atomic mass is 10.0. The van der Waals surface area contributed by atoms with Gasteiger partial charge >= 0.3 is 0 Å². The fraction of sp³-hybridized carbons (Fsp3) is 0.727. The molecule has 1 unspecified atom stereocenters. The second-order valence-corrected chi connectivity index (χ2v) is 4.13. The number of aromatic nitrogens is 1. The van der Waals surface area contributed by atoms with E-state index in [9.17, 15) is 0 Å². The summed E-state index contributed by atoms with van der Waals surface area (Å²) in [5.74, 6) is 2.37. The maximum Gasteiger partial charge on any atom is 0.194 e. The van der Waals surface area contributed by atoms with Crippen molar-refractivity contribution in [1.29, 1.82) is 0 Å². The molecule has 2 heterocycles. The number of aryl methyl sites for hydroxylation is 2. The second-order valence-electron chi connectivity index (χ2n) is 4.13. The zero-order valence-corrected chi connectivity index (χ0v) is 9.25. The fourth-order valence-corrected chi connectivity index (χ4v) is 2.09. The van der Waals surface area contributed by atoms with Gasteiger partial charge in [0, 0.05) is 18.9 Å². The second kappa shape index (κ2) is 4.77. The topological polar surface area (TPSA) is 64.1 Å². The van der Waals surface area contributed by atoms with Crippen molar-refractivity contribution in [3.05, 3.63) is 17.3 Å². The first-order valence-electron chi connectivity index (χ1n) is 5.68. The van der Waals surface area contributed by atoms with Crippen LogP contribution in [0, 0.1) is 6.92 Å². The van der Waals surface area contributed by atoms with E-state index in [0.717, 1.165) is 43.3 Å². The maximum absolute atomic E-state index is 5.63. The molecule has 0 aromatic carbocycles. The molecule has 1 aliphatic heterocycles. The lowest BCUT2D eigenvalue weighted by molar-refractivity contribution is 0.464. The lowest BCUT2D eigenvalue weighted by Gasteiger charge is -2.03. The highest BCUT2D eigenvalue weighted by molar-refractivity contribution is 5.16. The molecule has 1 fully saturated rings. The van der Waals surface area contributed by atoms with Crippen molar-refractivity contribution < 1.29 is 4.42 Å². The van der Waals surface area contributed by atoms with Crippen LogP contribution in [0.1, 0.15) is 36.1 Å². The van der Waals surface area contributed by atoms with Gasteiger partial charge in [0.05, 0.1) is 5.69 Å². The average molecular weight is 209 g/mol. The van der Waals surface area contributed by atoms with Gasteiger partial charge in [-0.1, -0.05) is 0 Å². The molecule has 1 saturated heterocycles. The first kappa shape index (κ1) is 10.6. The van der Waals surface area contributed by atoms with Crippen LogP contribution in [0.25, 0.3) is 0 Å². The summed E-state index contributed by atoms with van der Waals surface area (Å²) in [6, 6.07) is 0. The third-order valence-corrected chi connectivity index (χ3v) is 2.92. The Morgan fingerprint density at radius 2 is 2.47 bits per heavy atom. The molecule has 4 nitrogen and oxygen atoms in total. The van der Waals surface area contributed by atoms with E-state index in [-0.39, 0.29) is 0 Å². The van der Waals surface area contributed by atoms with E-state index in [0.29, 0.717) is 12.5 Å². The Balaban J connectivity index is 2.06. The average Bonchev–Trinajstić information content (AvgIpc) is 2.83. The van der Waals surface area contributed by atoms with Crippen molar-refractivity contribution >= 4 is 0 Å². The first-order valence-corrected chi connectivity index (χ1v) is 5.68. The first-order chi connectivity index (χ1) is 7.31. The van der Waals surface area contributed by atoms with Crippen LogP contribution in [-0.2, 0) is 6.42 Å². The van der Waals surface area contributed by atoms with Gasteiger partial charge in [0.15, 0.2) is 5.89 Å². The van der Waals surface area contributed by atoms with Gasteiger partial charge in [-0.15, -0.1) is 0 Å². The Hall–Kier alpha value is -0.870. The van der Waals surface area contributed by atoms with Crippen LogP contribution < -0.4 is 11.1 Å². The Bertz CT molecular complexity index is 316. The molecule has 15 heavy (non-hydrogen) atoms. The minimum Gasteiger partial charge on any atom is -0.446 e. The van der Waals surface area contributed by atoms with Crippen molar-refractivity contribution in [1.82, 2.24) is 10.3 Å². The molecule has 4 heteroatoms. The Morgan fingerprint density at radius 1 is 1.60 bits per heavy atom. The van der Waals surface area contributed by atoms with E-state index < -0.39 is 0 Å². The molecule has 0 aliphatic carbocycles. The Kier molecular flexibility index (Phi) is 3.38. The largest absolute Gasteiger partial charge is 0.446 e. The predicted octanol–water partition coefficient (Wildman–Crippen LogP) is 0.951. The minimum atomic E-state index is 0.542. The van der Waals surface area contributed by atoms with Crippen LogP contribution in [0.5, 0.6) is 0 Å². The van der Waals surface area contributed by atoms with Crippen LogP contribution in [0.15, 0.2) is 4.42 Å². The van der Waals surface area contributed by atoms with Crippen LogP contribution in [0.4, 0.5) is 0 Å². The summed E-state index contributed by atoms with van der Waals surface area (Å²) in [5, 5.41) is 3.35. The van der Waals surface area contributed by atoms with Crippen LogP contribution in [0.2, 0.25) is 0 Å². The SMILES string of the molecule is Cc1oc(CCCN)nc1C1CCNC1. The maximum atomic E-state index is 5.63. The van der Waals surface area contributed by atoms with Crippen LogP contribution in [0.3, 0.4) is 0 Å². The van der Waals surface area contributed by atoms with Gasteiger partial charge in [0.2, 0.25) is 0 Å². The van der Waals surface area contributed by atoms with Gasteiger partial charge in [-0.3, -0.25) is 0 Å². The van der Waals surface area contributed by atoms with Gasteiger partial charge in [-0.25, -0.2) is 4.98 Å². The summed E-state index contributed by atoms with van der Waals surface area (Å²) >= 11 is 0. The molecule has 0 bridgehead atoms.